The lowest BCUT2D eigenvalue weighted by Gasteiger charge is -2.20. The first-order chi connectivity index (χ1) is 15.6. The third-order valence-electron chi connectivity index (χ3n) is 4.82. The summed E-state index contributed by atoms with van der Waals surface area (Å²) >= 11 is 2.47. The van der Waals surface area contributed by atoms with Gasteiger partial charge in [-0.1, -0.05) is 47.7 Å². The number of alkyl halides is 3. The topological polar surface area (TPSA) is 59.0 Å². The minimum atomic E-state index is -4.64. The maximum Gasteiger partial charge on any atom is 0.451 e. The van der Waals surface area contributed by atoms with Gasteiger partial charge in [0.25, 0.3) is 0 Å². The molecule has 0 saturated carbocycles. The van der Waals surface area contributed by atoms with E-state index in [1.54, 1.807) is 28.5 Å². The molecule has 2 aromatic carbocycles. The Morgan fingerprint density at radius 3 is 2.55 bits per heavy atom. The fraction of sp³-hybridized carbons (Fsp3) is 0.217. The number of para-hydroxylation sites is 1. The minimum absolute atomic E-state index is 0.174. The molecule has 4 rings (SSSR count). The minimum Gasteiger partial charge on any atom is -0.274 e. The number of benzene rings is 2. The molecule has 0 radical (unpaired) electrons. The third-order valence-corrected chi connectivity index (χ3v) is 6.72. The van der Waals surface area contributed by atoms with E-state index in [1.165, 1.54) is 24.3 Å². The number of anilines is 2. The van der Waals surface area contributed by atoms with E-state index in [0.717, 1.165) is 28.6 Å². The lowest BCUT2D eigenvalue weighted by atomic mass is 10.1. The zero-order chi connectivity index (χ0) is 23.8. The molecule has 2 aromatic heterocycles. The summed E-state index contributed by atoms with van der Waals surface area (Å²) in [5.74, 6) is -1.04. The Kier molecular flexibility index (Phi) is 6.40. The van der Waals surface area contributed by atoms with Crippen LogP contribution in [0.2, 0.25) is 0 Å². The SMILES string of the molecule is CC(=O)N(c1nc(CSc2nc(C(F)(F)F)nc3ccccc23)cs1)c1ccc(C)cc1C. The van der Waals surface area contributed by atoms with Crippen LogP contribution in [0.1, 0.15) is 29.6 Å². The summed E-state index contributed by atoms with van der Waals surface area (Å²) in [5, 5.41) is 3.09. The van der Waals surface area contributed by atoms with Gasteiger partial charge in [0.05, 0.1) is 16.9 Å². The smallest absolute Gasteiger partial charge is 0.274 e. The van der Waals surface area contributed by atoms with Crippen LogP contribution < -0.4 is 4.90 Å². The van der Waals surface area contributed by atoms with Gasteiger partial charge in [-0.3, -0.25) is 9.69 Å². The van der Waals surface area contributed by atoms with Crippen molar-refractivity contribution < 1.29 is 18.0 Å². The zero-order valence-electron chi connectivity index (χ0n) is 18.0. The van der Waals surface area contributed by atoms with E-state index >= 15 is 0 Å². The molecule has 0 unspecified atom stereocenters. The van der Waals surface area contributed by atoms with Crippen molar-refractivity contribution >= 4 is 50.7 Å². The number of halogens is 3. The van der Waals surface area contributed by atoms with E-state index < -0.39 is 12.0 Å². The molecule has 0 atom stereocenters. The molecule has 0 aliphatic carbocycles. The van der Waals surface area contributed by atoms with Crippen molar-refractivity contribution in [2.75, 3.05) is 4.90 Å². The molecule has 0 fully saturated rings. The number of hydrogen-bond donors (Lipinski definition) is 0. The molecule has 2 heterocycles. The van der Waals surface area contributed by atoms with Crippen LogP contribution in [0.5, 0.6) is 0 Å². The van der Waals surface area contributed by atoms with E-state index in [1.807, 2.05) is 32.0 Å². The molecule has 10 heteroatoms. The lowest BCUT2D eigenvalue weighted by molar-refractivity contribution is -0.145. The number of rotatable bonds is 5. The predicted molar refractivity (Wildman–Crippen MR) is 125 cm³/mol. The Morgan fingerprint density at radius 1 is 1.09 bits per heavy atom. The van der Waals surface area contributed by atoms with Gasteiger partial charge in [-0.2, -0.15) is 13.2 Å². The van der Waals surface area contributed by atoms with Gasteiger partial charge in [-0.25, -0.2) is 15.0 Å². The normalized spacial score (nSPS) is 11.7. The highest BCUT2D eigenvalue weighted by atomic mass is 32.2. The van der Waals surface area contributed by atoms with Crippen molar-refractivity contribution in [3.8, 4) is 0 Å². The van der Waals surface area contributed by atoms with Crippen molar-refractivity contribution in [1.82, 2.24) is 15.0 Å². The summed E-state index contributed by atoms with van der Waals surface area (Å²) in [4.78, 5) is 26.0. The van der Waals surface area contributed by atoms with E-state index in [2.05, 4.69) is 15.0 Å². The van der Waals surface area contributed by atoms with Crippen LogP contribution in [0, 0.1) is 13.8 Å². The number of carbonyl (C=O) groups is 1. The number of nitrogens with zero attached hydrogens (tertiary/aromatic N) is 4. The molecule has 5 nitrogen and oxygen atoms in total. The van der Waals surface area contributed by atoms with E-state index in [9.17, 15) is 18.0 Å². The summed E-state index contributed by atoms with van der Waals surface area (Å²) in [5.41, 5.74) is 3.67. The number of aryl methyl sites for hydroxylation is 2. The standard InChI is InChI=1S/C23H19F3N4OS2/c1-13-8-9-19(14(2)10-13)30(15(3)31)22-27-16(12-33-22)11-32-20-17-6-4-5-7-18(17)28-21(29-20)23(24,25)26/h4-10,12H,11H2,1-3H3. The van der Waals surface area contributed by atoms with Crippen LogP contribution in [0.4, 0.5) is 24.0 Å². The molecular formula is C23H19F3N4OS2. The maximum absolute atomic E-state index is 13.3. The van der Waals surface area contributed by atoms with Crippen molar-refractivity contribution in [2.24, 2.45) is 0 Å². The molecule has 0 aliphatic heterocycles. The number of aromatic nitrogens is 3. The van der Waals surface area contributed by atoms with Gasteiger partial charge in [0.15, 0.2) is 5.13 Å². The Hall–Kier alpha value is -2.98. The van der Waals surface area contributed by atoms with E-state index in [-0.39, 0.29) is 16.4 Å². The van der Waals surface area contributed by atoms with E-state index in [0.29, 0.717) is 22.0 Å². The molecule has 170 valence electrons. The van der Waals surface area contributed by atoms with Gasteiger partial charge in [0.2, 0.25) is 11.7 Å². The average molecular weight is 489 g/mol. The number of amides is 1. The number of hydrogen-bond acceptors (Lipinski definition) is 6. The van der Waals surface area contributed by atoms with Gasteiger partial charge in [0, 0.05) is 23.4 Å². The van der Waals surface area contributed by atoms with Crippen LogP contribution in [0.15, 0.2) is 52.9 Å². The predicted octanol–water partition coefficient (Wildman–Crippen LogP) is 6.70. The number of carbonyl (C=O) groups excluding carboxylic acids is 1. The monoisotopic (exact) mass is 488 g/mol. The molecule has 1 amide bonds. The second-order valence-electron chi connectivity index (χ2n) is 7.42. The molecular weight excluding hydrogens is 469 g/mol. The first kappa shape index (κ1) is 23.2. The number of thiazole rings is 1. The van der Waals surface area contributed by atoms with Gasteiger partial charge in [-0.15, -0.1) is 11.3 Å². The van der Waals surface area contributed by atoms with Crippen LogP contribution in [0.25, 0.3) is 10.9 Å². The van der Waals surface area contributed by atoms with Crippen LogP contribution >= 0.6 is 23.1 Å². The van der Waals surface area contributed by atoms with Gasteiger partial charge in [-0.05, 0) is 31.5 Å². The fourth-order valence-corrected chi connectivity index (χ4v) is 5.25. The third kappa shape index (κ3) is 5.01. The highest BCUT2D eigenvalue weighted by molar-refractivity contribution is 7.98. The highest BCUT2D eigenvalue weighted by Crippen LogP contribution is 2.35. The zero-order valence-corrected chi connectivity index (χ0v) is 19.6. The lowest BCUT2D eigenvalue weighted by Crippen LogP contribution is -2.23. The maximum atomic E-state index is 13.3. The fourth-order valence-electron chi connectivity index (χ4n) is 3.36. The molecule has 0 N–H and O–H groups in total. The van der Waals surface area contributed by atoms with E-state index in [4.69, 9.17) is 0 Å². The summed E-state index contributed by atoms with van der Waals surface area (Å²) in [6.07, 6.45) is -4.64. The number of fused-ring (bicyclic) bond motifs is 1. The van der Waals surface area contributed by atoms with Gasteiger partial charge in [0.1, 0.15) is 5.03 Å². The Bertz CT molecular complexity index is 1340. The Morgan fingerprint density at radius 2 is 1.85 bits per heavy atom. The molecule has 33 heavy (non-hydrogen) atoms. The van der Waals surface area contributed by atoms with Crippen LogP contribution in [-0.4, -0.2) is 20.9 Å². The van der Waals surface area contributed by atoms with Crippen molar-refractivity contribution in [3.05, 3.63) is 70.5 Å². The van der Waals surface area contributed by atoms with Gasteiger partial charge >= 0.3 is 6.18 Å². The molecule has 0 spiro atoms. The highest BCUT2D eigenvalue weighted by Gasteiger charge is 2.35. The first-order valence-corrected chi connectivity index (χ1v) is 11.8. The Labute approximate surface area is 196 Å². The summed E-state index contributed by atoms with van der Waals surface area (Å²) in [7, 11) is 0. The first-order valence-electron chi connectivity index (χ1n) is 9.92. The Balaban J connectivity index is 1.62. The molecule has 4 aromatic rings. The summed E-state index contributed by atoms with van der Waals surface area (Å²) in [6.45, 7) is 5.39. The number of thioether (sulfide) groups is 1. The van der Waals surface area contributed by atoms with Crippen molar-refractivity contribution in [3.63, 3.8) is 0 Å². The van der Waals surface area contributed by atoms with Crippen LogP contribution in [0.3, 0.4) is 0 Å². The summed E-state index contributed by atoms with van der Waals surface area (Å²) in [6, 6.07) is 12.4. The second-order valence-corrected chi connectivity index (χ2v) is 9.22. The average Bonchev–Trinajstić information content (AvgIpc) is 3.21. The molecule has 0 saturated heterocycles. The summed E-state index contributed by atoms with van der Waals surface area (Å²) < 4.78 is 39.8. The molecule has 0 bridgehead atoms. The molecule has 0 aliphatic rings. The largest absolute Gasteiger partial charge is 0.451 e. The van der Waals surface area contributed by atoms with Crippen molar-refractivity contribution in [2.45, 2.75) is 37.7 Å². The van der Waals surface area contributed by atoms with Gasteiger partial charge < -0.3 is 0 Å². The van der Waals surface area contributed by atoms with Crippen LogP contribution in [-0.2, 0) is 16.7 Å². The quantitative estimate of drug-likeness (QED) is 0.231. The van der Waals surface area contributed by atoms with Crippen molar-refractivity contribution in [1.29, 1.82) is 0 Å². The second kappa shape index (κ2) is 9.11.